The molecule has 3 rings (SSSR count). The predicted molar refractivity (Wildman–Crippen MR) is 112 cm³/mol. The van der Waals surface area contributed by atoms with E-state index in [1.54, 1.807) is 23.6 Å². The number of benzene rings is 2. The normalized spacial score (nSPS) is 12.2. The van der Waals surface area contributed by atoms with Crippen LogP contribution in [0.3, 0.4) is 0 Å². The van der Waals surface area contributed by atoms with Crippen LogP contribution in [-0.4, -0.2) is 26.8 Å². The fraction of sp³-hybridized carbons (Fsp3) is 0.143. The first kappa shape index (κ1) is 22.6. The van der Waals surface area contributed by atoms with Gasteiger partial charge in [0.2, 0.25) is 0 Å². The fourth-order valence-electron chi connectivity index (χ4n) is 2.79. The molecule has 0 fully saturated rings. The number of rotatable bonds is 7. The first-order valence-corrected chi connectivity index (χ1v) is 11.5. The van der Waals surface area contributed by atoms with E-state index in [-0.39, 0.29) is 23.5 Å². The lowest BCUT2D eigenvalue weighted by molar-refractivity contribution is -0.139. The second-order valence-corrected chi connectivity index (χ2v) is 9.60. The molecule has 0 aliphatic carbocycles. The summed E-state index contributed by atoms with van der Waals surface area (Å²) < 4.78 is 52.9. The van der Waals surface area contributed by atoms with Gasteiger partial charge in [-0.05, 0) is 41.8 Å². The molecule has 3 aromatic rings. The van der Waals surface area contributed by atoms with Gasteiger partial charge < -0.3 is 10.6 Å². The van der Waals surface area contributed by atoms with E-state index in [1.165, 1.54) is 29.5 Å². The van der Waals surface area contributed by atoms with Gasteiger partial charge in [0.1, 0.15) is 16.9 Å². The van der Waals surface area contributed by atoms with Gasteiger partial charge in [-0.3, -0.25) is 9.59 Å². The van der Waals surface area contributed by atoms with E-state index in [2.05, 4.69) is 10.6 Å². The molecule has 2 N–H and O–H groups in total. The highest BCUT2D eigenvalue weighted by atomic mass is 32.2. The molecule has 31 heavy (non-hydrogen) atoms. The van der Waals surface area contributed by atoms with Gasteiger partial charge in [0.05, 0.1) is 4.90 Å². The standard InChI is InChI=1S/C21H18F2N2O4S2/c22-15-7-9-16(10-8-15)31(28,29)19(18-6-3-11-30-18)13-25-21(27)20(26)24-12-14-4-1-2-5-17(14)23/h1-11,19H,12-13H2,(H,24,26)(H,25,27). The Morgan fingerprint density at radius 2 is 1.58 bits per heavy atom. The number of hydrogen-bond donors (Lipinski definition) is 2. The van der Waals surface area contributed by atoms with Gasteiger partial charge in [-0.1, -0.05) is 24.3 Å². The number of carbonyl (C=O) groups excluding carboxylic acids is 2. The van der Waals surface area contributed by atoms with Gasteiger partial charge >= 0.3 is 11.8 Å². The molecule has 0 spiro atoms. The highest BCUT2D eigenvalue weighted by molar-refractivity contribution is 7.91. The molecule has 6 nitrogen and oxygen atoms in total. The second-order valence-electron chi connectivity index (χ2n) is 6.49. The van der Waals surface area contributed by atoms with Gasteiger partial charge in [0, 0.05) is 23.5 Å². The summed E-state index contributed by atoms with van der Waals surface area (Å²) in [5.41, 5.74) is 0.207. The lowest BCUT2D eigenvalue weighted by Gasteiger charge is -2.17. The van der Waals surface area contributed by atoms with E-state index in [4.69, 9.17) is 0 Å². The summed E-state index contributed by atoms with van der Waals surface area (Å²) in [6.07, 6.45) is 0. The third-order valence-electron chi connectivity index (χ3n) is 4.43. The third-order valence-corrected chi connectivity index (χ3v) is 7.66. The molecule has 0 bridgehead atoms. The summed E-state index contributed by atoms with van der Waals surface area (Å²) in [5.74, 6) is -3.17. The van der Waals surface area contributed by atoms with Crippen molar-refractivity contribution in [2.45, 2.75) is 16.7 Å². The predicted octanol–water partition coefficient (Wildman–Crippen LogP) is 2.97. The number of thiophene rings is 1. The topological polar surface area (TPSA) is 92.3 Å². The monoisotopic (exact) mass is 464 g/mol. The summed E-state index contributed by atoms with van der Waals surface area (Å²) >= 11 is 1.18. The van der Waals surface area contributed by atoms with Gasteiger partial charge in [-0.15, -0.1) is 11.3 Å². The number of sulfone groups is 1. The molecule has 0 aliphatic heterocycles. The number of nitrogens with one attached hydrogen (secondary N) is 2. The lowest BCUT2D eigenvalue weighted by atomic mass is 10.2. The molecule has 1 unspecified atom stereocenters. The molecule has 1 aromatic heterocycles. The Balaban J connectivity index is 1.69. The van der Waals surface area contributed by atoms with E-state index in [9.17, 15) is 26.8 Å². The zero-order chi connectivity index (χ0) is 22.4. The number of amides is 2. The van der Waals surface area contributed by atoms with Crippen LogP contribution in [0.15, 0.2) is 70.9 Å². The molecule has 2 amide bonds. The average molecular weight is 465 g/mol. The Morgan fingerprint density at radius 1 is 0.903 bits per heavy atom. The van der Waals surface area contributed by atoms with E-state index in [0.29, 0.717) is 4.88 Å². The molecule has 10 heteroatoms. The van der Waals surface area contributed by atoms with Crippen LogP contribution in [0.1, 0.15) is 15.7 Å². The Labute approximate surface area is 181 Å². The summed E-state index contributed by atoms with van der Waals surface area (Å²) in [4.78, 5) is 24.6. The third kappa shape index (κ3) is 5.53. The largest absolute Gasteiger partial charge is 0.346 e. The second kappa shape index (κ2) is 9.80. The minimum Gasteiger partial charge on any atom is -0.346 e. The van der Waals surface area contributed by atoms with E-state index in [0.717, 1.165) is 24.3 Å². The Bertz CT molecular complexity index is 1160. The molecule has 1 atom stereocenters. The Kier molecular flexibility index (Phi) is 7.13. The summed E-state index contributed by atoms with van der Waals surface area (Å²) in [7, 11) is -3.98. The highest BCUT2D eigenvalue weighted by Crippen LogP contribution is 2.31. The quantitative estimate of drug-likeness (QED) is 0.415. The van der Waals surface area contributed by atoms with Crippen LogP contribution in [0.25, 0.3) is 0 Å². The number of carbonyl (C=O) groups is 2. The van der Waals surface area contributed by atoms with Crippen molar-refractivity contribution in [3.05, 3.63) is 88.1 Å². The van der Waals surface area contributed by atoms with Crippen molar-refractivity contribution < 1.29 is 26.8 Å². The van der Waals surface area contributed by atoms with Crippen LogP contribution in [0.2, 0.25) is 0 Å². The van der Waals surface area contributed by atoms with E-state index >= 15 is 0 Å². The first-order valence-electron chi connectivity index (χ1n) is 9.11. The van der Waals surface area contributed by atoms with Gasteiger partial charge in [-0.25, -0.2) is 17.2 Å². The number of halogens is 2. The molecular formula is C21H18F2N2O4S2. The van der Waals surface area contributed by atoms with Crippen LogP contribution in [0.5, 0.6) is 0 Å². The summed E-state index contributed by atoms with van der Waals surface area (Å²) in [5, 5.41) is 5.13. The zero-order valence-electron chi connectivity index (χ0n) is 16.0. The molecule has 162 valence electrons. The minimum absolute atomic E-state index is 0.106. The van der Waals surface area contributed by atoms with Gasteiger partial charge in [-0.2, -0.15) is 0 Å². The number of hydrogen-bond acceptors (Lipinski definition) is 5. The smallest absolute Gasteiger partial charge is 0.309 e. The molecule has 0 radical (unpaired) electrons. The maximum absolute atomic E-state index is 13.6. The fourth-order valence-corrected chi connectivity index (χ4v) is 5.57. The molecule has 0 saturated heterocycles. The molecule has 0 saturated carbocycles. The highest BCUT2D eigenvalue weighted by Gasteiger charge is 2.31. The summed E-state index contributed by atoms with van der Waals surface area (Å²) in [6, 6.07) is 13.4. The first-order chi connectivity index (χ1) is 14.8. The Hall–Kier alpha value is -3.11. The SMILES string of the molecule is O=C(NCc1ccccc1F)C(=O)NCC(c1cccs1)S(=O)(=O)c1ccc(F)cc1. The van der Waals surface area contributed by atoms with Crippen LogP contribution >= 0.6 is 11.3 Å². The maximum Gasteiger partial charge on any atom is 0.309 e. The lowest BCUT2D eigenvalue weighted by Crippen LogP contribution is -2.42. The van der Waals surface area contributed by atoms with Crippen molar-refractivity contribution in [2.75, 3.05) is 6.54 Å². The zero-order valence-corrected chi connectivity index (χ0v) is 17.7. The van der Waals surface area contributed by atoms with Crippen LogP contribution in [0, 0.1) is 11.6 Å². The van der Waals surface area contributed by atoms with Crippen LogP contribution in [-0.2, 0) is 26.0 Å². The van der Waals surface area contributed by atoms with Crippen LogP contribution < -0.4 is 10.6 Å². The molecule has 0 aliphatic rings. The van der Waals surface area contributed by atoms with Crippen molar-refractivity contribution in [1.29, 1.82) is 0 Å². The van der Waals surface area contributed by atoms with Gasteiger partial charge in [0.25, 0.3) is 0 Å². The Morgan fingerprint density at radius 3 is 2.23 bits per heavy atom. The van der Waals surface area contributed by atoms with Crippen molar-refractivity contribution in [3.8, 4) is 0 Å². The molecule has 2 aromatic carbocycles. The van der Waals surface area contributed by atoms with Crippen molar-refractivity contribution in [1.82, 2.24) is 10.6 Å². The van der Waals surface area contributed by atoms with Crippen molar-refractivity contribution in [2.24, 2.45) is 0 Å². The van der Waals surface area contributed by atoms with Crippen LogP contribution in [0.4, 0.5) is 8.78 Å². The van der Waals surface area contributed by atoms with Crippen molar-refractivity contribution in [3.63, 3.8) is 0 Å². The van der Waals surface area contributed by atoms with E-state index < -0.39 is 38.5 Å². The molecule has 1 heterocycles. The summed E-state index contributed by atoms with van der Waals surface area (Å²) in [6.45, 7) is -0.562. The minimum atomic E-state index is -3.98. The maximum atomic E-state index is 13.6. The average Bonchev–Trinajstić information content (AvgIpc) is 3.27. The van der Waals surface area contributed by atoms with Gasteiger partial charge in [0.15, 0.2) is 9.84 Å². The molecular weight excluding hydrogens is 446 g/mol. The van der Waals surface area contributed by atoms with E-state index in [1.807, 2.05) is 0 Å². The van der Waals surface area contributed by atoms with Crippen molar-refractivity contribution >= 4 is 33.0 Å².